The number of carbonyl (C=O) groups excluding carboxylic acids is 1. The summed E-state index contributed by atoms with van der Waals surface area (Å²) >= 11 is 1.18. The van der Waals surface area contributed by atoms with Crippen LogP contribution in [0.3, 0.4) is 0 Å². The Kier molecular flexibility index (Phi) is 6.80. The summed E-state index contributed by atoms with van der Waals surface area (Å²) in [5.74, 6) is -0.897. The molecule has 0 radical (unpaired) electrons. The Morgan fingerprint density at radius 1 is 1.03 bits per heavy atom. The number of halogens is 3. The van der Waals surface area contributed by atoms with E-state index in [1.54, 1.807) is 49.6 Å². The Morgan fingerprint density at radius 3 is 2.42 bits per heavy atom. The van der Waals surface area contributed by atoms with Gasteiger partial charge in [-0.05, 0) is 52.9 Å². The number of sulfone groups is 1. The lowest BCUT2D eigenvalue weighted by Gasteiger charge is -2.13. The predicted molar refractivity (Wildman–Crippen MR) is 131 cm³/mol. The molecule has 2 aromatic carbocycles. The van der Waals surface area contributed by atoms with Gasteiger partial charge in [-0.1, -0.05) is 38.1 Å². The second-order valence-electron chi connectivity index (χ2n) is 8.37. The molecule has 0 unspecified atom stereocenters. The first-order valence-electron chi connectivity index (χ1n) is 10.7. The highest BCUT2D eigenvalue weighted by atomic mass is 32.2. The molecule has 0 atom stereocenters. The average Bonchev–Trinajstić information content (AvgIpc) is 3.46. The van der Waals surface area contributed by atoms with Crippen molar-refractivity contribution in [3.63, 3.8) is 0 Å². The summed E-state index contributed by atoms with van der Waals surface area (Å²) in [7, 11) is -3.43. The zero-order valence-electron chi connectivity index (χ0n) is 19.4. The Bertz CT molecular complexity index is 1540. The predicted octanol–water partition coefficient (Wildman–Crippen LogP) is 6.25. The zero-order chi connectivity index (χ0) is 26.3. The molecule has 2 heterocycles. The van der Waals surface area contributed by atoms with Crippen LogP contribution in [0.4, 0.5) is 13.2 Å². The van der Waals surface area contributed by atoms with Gasteiger partial charge in [0.05, 0.1) is 21.4 Å². The first-order chi connectivity index (χ1) is 16.8. The standard InChI is InChI=1S/C25H21F3N2O4S2/c1-15(2)24(31)34-21-10-5-4-9-19(21)30-20(13-23(29-30)25(26,27)28)22-12-17(14-35-22)16-7-6-8-18(11-16)36(3,32)33/h4-15H,1-3H3. The van der Waals surface area contributed by atoms with Gasteiger partial charge in [-0.15, -0.1) is 11.3 Å². The molecule has 0 aliphatic carbocycles. The van der Waals surface area contributed by atoms with Crippen molar-refractivity contribution < 1.29 is 31.1 Å². The van der Waals surface area contributed by atoms with Gasteiger partial charge in [-0.2, -0.15) is 18.3 Å². The van der Waals surface area contributed by atoms with E-state index in [9.17, 15) is 26.4 Å². The Hall–Kier alpha value is -3.44. The maximum atomic E-state index is 13.6. The first kappa shape index (κ1) is 25.6. The van der Waals surface area contributed by atoms with Gasteiger partial charge >= 0.3 is 12.1 Å². The van der Waals surface area contributed by atoms with Gasteiger partial charge in [-0.3, -0.25) is 4.79 Å². The van der Waals surface area contributed by atoms with Crippen molar-refractivity contribution in [3.05, 3.63) is 71.7 Å². The molecule has 188 valence electrons. The van der Waals surface area contributed by atoms with Crippen LogP contribution < -0.4 is 4.74 Å². The number of nitrogens with zero attached hydrogens (tertiary/aromatic N) is 2. The third-order valence-electron chi connectivity index (χ3n) is 5.22. The molecular formula is C25H21F3N2O4S2. The number of ether oxygens (including phenoxy) is 1. The molecule has 0 saturated carbocycles. The lowest BCUT2D eigenvalue weighted by atomic mass is 10.1. The minimum Gasteiger partial charge on any atom is -0.424 e. The van der Waals surface area contributed by atoms with Crippen molar-refractivity contribution in [1.82, 2.24) is 9.78 Å². The van der Waals surface area contributed by atoms with E-state index in [0.29, 0.717) is 16.0 Å². The summed E-state index contributed by atoms with van der Waals surface area (Å²) in [6, 6.07) is 15.1. The largest absolute Gasteiger partial charge is 0.435 e. The molecule has 0 aliphatic heterocycles. The van der Waals surface area contributed by atoms with Crippen LogP contribution >= 0.6 is 11.3 Å². The van der Waals surface area contributed by atoms with Crippen molar-refractivity contribution in [2.24, 2.45) is 5.92 Å². The summed E-state index contributed by atoms with van der Waals surface area (Å²) in [6.45, 7) is 3.30. The number of carbonyl (C=O) groups is 1. The van der Waals surface area contributed by atoms with Crippen LogP contribution in [0.25, 0.3) is 27.4 Å². The molecular weight excluding hydrogens is 513 g/mol. The summed E-state index contributed by atoms with van der Waals surface area (Å²) < 4.78 is 71.3. The molecule has 0 spiro atoms. The van der Waals surface area contributed by atoms with Gasteiger partial charge in [0.25, 0.3) is 0 Å². The van der Waals surface area contributed by atoms with E-state index < -0.39 is 33.6 Å². The van der Waals surface area contributed by atoms with E-state index in [1.807, 2.05) is 0 Å². The SMILES string of the molecule is CC(C)C(=O)Oc1ccccc1-n1nc(C(F)(F)F)cc1-c1cc(-c2cccc(S(C)(=O)=O)c2)cs1. The molecule has 0 saturated heterocycles. The van der Waals surface area contributed by atoms with Crippen molar-refractivity contribution in [2.75, 3.05) is 6.26 Å². The minimum absolute atomic E-state index is 0.0758. The zero-order valence-corrected chi connectivity index (χ0v) is 21.0. The lowest BCUT2D eigenvalue weighted by Crippen LogP contribution is -2.16. The summed E-state index contributed by atoms with van der Waals surface area (Å²) in [4.78, 5) is 12.8. The van der Waals surface area contributed by atoms with E-state index >= 15 is 0 Å². The van der Waals surface area contributed by atoms with E-state index in [4.69, 9.17) is 4.74 Å². The van der Waals surface area contributed by atoms with Crippen LogP contribution in [-0.4, -0.2) is 30.4 Å². The highest BCUT2D eigenvalue weighted by Crippen LogP contribution is 2.39. The van der Waals surface area contributed by atoms with Gasteiger partial charge in [0.2, 0.25) is 0 Å². The summed E-state index contributed by atoms with van der Waals surface area (Å²) in [6.07, 6.45) is -3.60. The fourth-order valence-corrected chi connectivity index (χ4v) is 4.94. The third kappa shape index (κ3) is 5.36. The molecule has 2 aromatic heterocycles. The number of rotatable bonds is 6. The molecule has 0 bridgehead atoms. The number of esters is 1. The first-order valence-corrected chi connectivity index (χ1v) is 13.5. The van der Waals surface area contributed by atoms with Crippen LogP contribution in [0.1, 0.15) is 19.5 Å². The molecule has 36 heavy (non-hydrogen) atoms. The van der Waals surface area contributed by atoms with Crippen molar-refractivity contribution in [3.8, 4) is 33.1 Å². The van der Waals surface area contributed by atoms with E-state index in [1.165, 1.54) is 35.6 Å². The average molecular weight is 535 g/mol. The summed E-state index contributed by atoms with van der Waals surface area (Å²) in [5, 5.41) is 5.53. The fourth-order valence-electron chi connectivity index (χ4n) is 3.35. The van der Waals surface area contributed by atoms with Gasteiger partial charge in [0.1, 0.15) is 5.69 Å². The van der Waals surface area contributed by atoms with E-state index in [0.717, 1.165) is 17.0 Å². The van der Waals surface area contributed by atoms with Crippen molar-refractivity contribution in [2.45, 2.75) is 24.9 Å². The van der Waals surface area contributed by atoms with Crippen molar-refractivity contribution in [1.29, 1.82) is 0 Å². The number of benzene rings is 2. The van der Waals surface area contributed by atoms with Gasteiger partial charge in [0.15, 0.2) is 21.3 Å². The molecule has 0 aliphatic rings. The highest BCUT2D eigenvalue weighted by Gasteiger charge is 2.36. The molecule has 0 fully saturated rings. The van der Waals surface area contributed by atoms with Crippen LogP contribution in [0.5, 0.6) is 5.75 Å². The quantitative estimate of drug-likeness (QED) is 0.216. The molecule has 11 heteroatoms. The van der Waals surface area contributed by atoms with Gasteiger partial charge in [-0.25, -0.2) is 13.1 Å². The maximum Gasteiger partial charge on any atom is 0.435 e. The second kappa shape index (κ2) is 9.55. The number of aromatic nitrogens is 2. The molecule has 4 rings (SSSR count). The van der Waals surface area contributed by atoms with E-state index in [-0.39, 0.29) is 22.0 Å². The van der Waals surface area contributed by atoms with Gasteiger partial charge in [0, 0.05) is 6.26 Å². The molecule has 0 N–H and O–H groups in total. The number of alkyl halides is 3. The molecule has 6 nitrogen and oxygen atoms in total. The Morgan fingerprint density at radius 2 is 1.75 bits per heavy atom. The van der Waals surface area contributed by atoms with Crippen molar-refractivity contribution >= 4 is 27.1 Å². The van der Waals surface area contributed by atoms with Crippen LogP contribution in [0.2, 0.25) is 0 Å². The number of para-hydroxylation sites is 2. The molecule has 4 aromatic rings. The Labute approximate surface area is 209 Å². The second-order valence-corrected chi connectivity index (χ2v) is 11.3. The number of thiophene rings is 1. The monoisotopic (exact) mass is 534 g/mol. The number of hydrogen-bond donors (Lipinski definition) is 0. The fraction of sp³-hybridized carbons (Fsp3) is 0.200. The molecule has 0 amide bonds. The van der Waals surface area contributed by atoms with Crippen LogP contribution in [-0.2, 0) is 20.8 Å². The van der Waals surface area contributed by atoms with Crippen LogP contribution in [0.15, 0.2) is 70.9 Å². The Balaban J connectivity index is 1.84. The van der Waals surface area contributed by atoms with Gasteiger partial charge < -0.3 is 4.74 Å². The topological polar surface area (TPSA) is 78.3 Å². The van der Waals surface area contributed by atoms with E-state index in [2.05, 4.69) is 5.10 Å². The normalized spacial score (nSPS) is 12.2. The highest BCUT2D eigenvalue weighted by molar-refractivity contribution is 7.90. The van der Waals surface area contributed by atoms with Crippen LogP contribution in [0, 0.1) is 5.92 Å². The maximum absolute atomic E-state index is 13.6. The number of hydrogen-bond acceptors (Lipinski definition) is 6. The minimum atomic E-state index is -4.70. The lowest BCUT2D eigenvalue weighted by molar-refractivity contribution is -0.141. The summed E-state index contributed by atoms with van der Waals surface area (Å²) in [5.41, 5.74) is 0.462. The smallest absolute Gasteiger partial charge is 0.424 e. The third-order valence-corrected chi connectivity index (χ3v) is 7.29.